The van der Waals surface area contributed by atoms with Crippen LogP contribution in [0.5, 0.6) is 0 Å². The number of methoxy groups -OCH3 is 1. The average molecular weight is 410 g/mol. The lowest BCUT2D eigenvalue weighted by Crippen LogP contribution is -2.60. The van der Waals surface area contributed by atoms with Crippen molar-refractivity contribution < 1.29 is 14.3 Å². The zero-order chi connectivity index (χ0) is 20.7. The predicted molar refractivity (Wildman–Crippen MR) is 115 cm³/mol. The fourth-order valence-corrected chi connectivity index (χ4v) is 6.24. The molecule has 160 valence electrons. The number of hydrogen-bond acceptors (Lipinski definition) is 4. The van der Waals surface area contributed by atoms with Gasteiger partial charge in [0.05, 0.1) is 18.7 Å². The summed E-state index contributed by atoms with van der Waals surface area (Å²) in [6, 6.07) is 7.83. The predicted octanol–water partition coefficient (Wildman–Crippen LogP) is 3.90. The Kier molecular flexibility index (Phi) is 5.27. The van der Waals surface area contributed by atoms with Gasteiger partial charge in [0, 0.05) is 24.8 Å². The second-order valence-electron chi connectivity index (χ2n) is 9.20. The van der Waals surface area contributed by atoms with Gasteiger partial charge in [-0.15, -0.1) is 0 Å². The SMILES string of the molecule is COC(=O)c1cccc(NC(=O)N2CCCC3=C[C@H]4C[C@@H](CN5CCCC[C@@H]45)[C@@H]32)c1. The minimum absolute atomic E-state index is 0.0631. The molecule has 4 aliphatic rings. The largest absolute Gasteiger partial charge is 0.465 e. The Hall–Kier alpha value is -2.34. The van der Waals surface area contributed by atoms with Crippen molar-refractivity contribution in [3.05, 3.63) is 41.5 Å². The number of esters is 1. The lowest BCUT2D eigenvalue weighted by molar-refractivity contribution is 0.00908. The Bertz CT molecular complexity index is 867. The van der Waals surface area contributed by atoms with Gasteiger partial charge in [0.25, 0.3) is 0 Å². The highest BCUT2D eigenvalue weighted by molar-refractivity contribution is 5.94. The molecule has 3 aliphatic heterocycles. The number of nitrogens with one attached hydrogen (secondary N) is 1. The van der Waals surface area contributed by atoms with Crippen molar-refractivity contribution in [2.24, 2.45) is 11.8 Å². The van der Waals surface area contributed by atoms with Gasteiger partial charge in [0.1, 0.15) is 0 Å². The number of hydrogen-bond donors (Lipinski definition) is 1. The molecule has 0 radical (unpaired) electrons. The number of carbonyl (C=O) groups is 2. The van der Waals surface area contributed by atoms with Crippen LogP contribution in [0.3, 0.4) is 0 Å². The molecule has 1 aliphatic carbocycles. The van der Waals surface area contributed by atoms with E-state index in [0.29, 0.717) is 29.1 Å². The highest BCUT2D eigenvalue weighted by Gasteiger charge is 2.46. The van der Waals surface area contributed by atoms with Gasteiger partial charge in [-0.05, 0) is 68.7 Å². The summed E-state index contributed by atoms with van der Waals surface area (Å²) in [6.45, 7) is 3.11. The van der Waals surface area contributed by atoms with Gasteiger partial charge in [-0.25, -0.2) is 9.59 Å². The molecule has 1 aromatic carbocycles. The smallest absolute Gasteiger partial charge is 0.337 e. The van der Waals surface area contributed by atoms with E-state index in [4.69, 9.17) is 4.74 Å². The highest BCUT2D eigenvalue weighted by atomic mass is 16.5. The first kappa shape index (κ1) is 19.6. The van der Waals surface area contributed by atoms with Crippen LogP contribution in [0.1, 0.15) is 48.9 Å². The number of anilines is 1. The summed E-state index contributed by atoms with van der Waals surface area (Å²) in [6.07, 6.45) is 9.86. The first-order valence-corrected chi connectivity index (χ1v) is 11.3. The number of urea groups is 1. The van der Waals surface area contributed by atoms with Crippen LogP contribution in [-0.4, -0.2) is 60.6 Å². The monoisotopic (exact) mass is 409 g/mol. The van der Waals surface area contributed by atoms with E-state index < -0.39 is 5.97 Å². The molecule has 0 spiro atoms. The zero-order valence-electron chi connectivity index (χ0n) is 17.7. The van der Waals surface area contributed by atoms with Crippen molar-refractivity contribution in [2.75, 3.05) is 32.1 Å². The molecule has 6 nitrogen and oxygen atoms in total. The maximum absolute atomic E-state index is 13.3. The third-order valence-corrected chi connectivity index (χ3v) is 7.45. The van der Waals surface area contributed by atoms with E-state index >= 15 is 0 Å². The molecule has 2 amide bonds. The molecule has 3 fully saturated rings. The normalized spacial score (nSPS) is 30.6. The average Bonchev–Trinajstić information content (AvgIpc) is 2.78. The number of fused-ring (bicyclic) bond motifs is 6. The Balaban J connectivity index is 1.36. The van der Waals surface area contributed by atoms with Crippen LogP contribution in [0, 0.1) is 11.8 Å². The summed E-state index contributed by atoms with van der Waals surface area (Å²) < 4.78 is 4.80. The fourth-order valence-electron chi connectivity index (χ4n) is 6.24. The van der Waals surface area contributed by atoms with Crippen LogP contribution in [0.25, 0.3) is 0 Å². The van der Waals surface area contributed by atoms with Crippen molar-refractivity contribution in [3.8, 4) is 0 Å². The summed E-state index contributed by atoms with van der Waals surface area (Å²) in [5, 5.41) is 3.03. The van der Waals surface area contributed by atoms with Gasteiger partial charge in [-0.3, -0.25) is 4.90 Å². The van der Waals surface area contributed by atoms with Crippen molar-refractivity contribution in [2.45, 2.75) is 50.6 Å². The number of piperidine rings is 3. The molecule has 5 rings (SSSR count). The molecule has 1 aromatic rings. The van der Waals surface area contributed by atoms with Crippen LogP contribution in [0.15, 0.2) is 35.9 Å². The van der Waals surface area contributed by atoms with Crippen LogP contribution in [0.2, 0.25) is 0 Å². The van der Waals surface area contributed by atoms with E-state index in [9.17, 15) is 9.59 Å². The Morgan fingerprint density at radius 1 is 1.17 bits per heavy atom. The number of amides is 2. The van der Waals surface area contributed by atoms with Gasteiger partial charge in [0.2, 0.25) is 0 Å². The number of benzene rings is 1. The maximum atomic E-state index is 13.3. The first-order chi connectivity index (χ1) is 14.6. The van der Waals surface area contributed by atoms with Gasteiger partial charge >= 0.3 is 12.0 Å². The summed E-state index contributed by atoms with van der Waals surface area (Å²) in [4.78, 5) is 29.8. The maximum Gasteiger partial charge on any atom is 0.337 e. The summed E-state index contributed by atoms with van der Waals surface area (Å²) in [5.41, 5.74) is 2.55. The number of ether oxygens (including phenoxy) is 1. The second kappa shape index (κ2) is 8.06. The Morgan fingerprint density at radius 3 is 2.93 bits per heavy atom. The lowest BCUT2D eigenvalue weighted by Gasteiger charge is -2.54. The van der Waals surface area contributed by atoms with Crippen molar-refractivity contribution in [3.63, 3.8) is 0 Å². The molecular formula is C24H31N3O3. The van der Waals surface area contributed by atoms with Crippen molar-refractivity contribution in [1.82, 2.24) is 9.80 Å². The number of likely N-dealkylation sites (tertiary alicyclic amines) is 1. The van der Waals surface area contributed by atoms with Crippen molar-refractivity contribution >= 4 is 17.7 Å². The first-order valence-electron chi connectivity index (χ1n) is 11.3. The van der Waals surface area contributed by atoms with E-state index in [1.54, 1.807) is 18.2 Å². The summed E-state index contributed by atoms with van der Waals surface area (Å²) in [5.74, 6) is 0.790. The number of nitrogens with zero attached hydrogens (tertiary/aromatic N) is 2. The molecule has 3 heterocycles. The summed E-state index contributed by atoms with van der Waals surface area (Å²) in [7, 11) is 1.36. The molecule has 4 atom stereocenters. The van der Waals surface area contributed by atoms with Gasteiger partial charge in [-0.2, -0.15) is 0 Å². The van der Waals surface area contributed by atoms with E-state index in [2.05, 4.69) is 16.3 Å². The Morgan fingerprint density at radius 2 is 2.07 bits per heavy atom. The van der Waals surface area contributed by atoms with Crippen LogP contribution >= 0.6 is 0 Å². The third-order valence-electron chi connectivity index (χ3n) is 7.45. The Labute approximate surface area is 178 Å². The van der Waals surface area contributed by atoms with E-state index in [-0.39, 0.29) is 12.1 Å². The molecule has 30 heavy (non-hydrogen) atoms. The summed E-state index contributed by atoms with van der Waals surface area (Å²) >= 11 is 0. The quantitative estimate of drug-likeness (QED) is 0.594. The van der Waals surface area contributed by atoms with Crippen LogP contribution < -0.4 is 5.32 Å². The molecule has 0 aromatic heterocycles. The minimum Gasteiger partial charge on any atom is -0.465 e. The molecule has 0 unspecified atom stereocenters. The second-order valence-corrected chi connectivity index (χ2v) is 9.20. The topological polar surface area (TPSA) is 61.9 Å². The molecule has 3 saturated heterocycles. The van der Waals surface area contributed by atoms with Crippen molar-refractivity contribution in [1.29, 1.82) is 0 Å². The van der Waals surface area contributed by atoms with E-state index in [1.165, 1.54) is 44.9 Å². The minimum atomic E-state index is -0.397. The van der Waals surface area contributed by atoms with E-state index in [1.807, 2.05) is 11.0 Å². The zero-order valence-corrected chi connectivity index (χ0v) is 17.7. The molecular weight excluding hydrogens is 378 g/mol. The van der Waals surface area contributed by atoms with Crippen LogP contribution in [-0.2, 0) is 4.74 Å². The van der Waals surface area contributed by atoms with Gasteiger partial charge in [-0.1, -0.05) is 24.1 Å². The molecule has 1 N–H and O–H groups in total. The van der Waals surface area contributed by atoms with Gasteiger partial charge in [0.15, 0.2) is 0 Å². The molecule has 2 bridgehead atoms. The molecule has 6 heteroatoms. The third kappa shape index (κ3) is 3.51. The molecule has 0 saturated carbocycles. The highest BCUT2D eigenvalue weighted by Crippen LogP contribution is 2.45. The number of carbonyl (C=O) groups excluding carboxylic acids is 2. The standard InChI is InChI=1S/C24H31N3O3/c1-30-23(28)17-6-4-8-20(14-17)25-24(29)27-11-5-7-16-12-18-13-19(22(16)27)15-26-10-3-2-9-21(18)26/h4,6,8,12,14,18-19,21-22H,2-3,5,7,9-11,13,15H2,1H3,(H,25,29)/t18-,19-,21-,22+/m0/s1. The van der Waals surface area contributed by atoms with E-state index in [0.717, 1.165) is 25.9 Å². The van der Waals surface area contributed by atoms with Crippen LogP contribution in [0.4, 0.5) is 10.5 Å². The number of rotatable bonds is 2. The lowest BCUT2D eigenvalue weighted by atomic mass is 9.68. The fraction of sp³-hybridized carbons (Fsp3) is 0.583. The van der Waals surface area contributed by atoms with Gasteiger partial charge < -0.3 is 15.0 Å².